The average molecular weight is 414 g/mol. The first-order chi connectivity index (χ1) is 13.3. The van der Waals surface area contributed by atoms with Crippen LogP contribution >= 0.6 is 8.60 Å². The molecule has 2 rings (SSSR count). The molecule has 0 spiro atoms. The quantitative estimate of drug-likeness (QED) is 0.345. The van der Waals surface area contributed by atoms with Gasteiger partial charge >= 0.3 is 8.60 Å². The molecule has 3 unspecified atom stereocenters. The molecule has 3 N–H and O–H groups in total. The van der Waals surface area contributed by atoms with E-state index in [4.69, 9.17) is 4.89 Å². The second kappa shape index (κ2) is 10.4. The normalized spacial score (nSPS) is 16.5. The Bertz CT molecular complexity index is 747. The number of benzene rings is 1. The summed E-state index contributed by atoms with van der Waals surface area (Å²) in [6.07, 6.45) is -0.661. The van der Waals surface area contributed by atoms with Crippen molar-refractivity contribution in [1.82, 2.24) is 10.8 Å². The van der Waals surface area contributed by atoms with Crippen molar-refractivity contribution < 1.29 is 32.4 Å². The summed E-state index contributed by atoms with van der Waals surface area (Å²) in [5.41, 5.74) is 2.75. The smallest absolute Gasteiger partial charge is 0.340 e. The molecule has 1 aromatic rings. The van der Waals surface area contributed by atoms with Gasteiger partial charge in [-0.3, -0.25) is 9.59 Å². The molecule has 1 aliphatic rings. The van der Waals surface area contributed by atoms with Crippen LogP contribution in [0.4, 0.5) is 8.78 Å². The third-order valence-corrected chi connectivity index (χ3v) is 4.58. The Morgan fingerprint density at radius 1 is 1.29 bits per heavy atom. The van der Waals surface area contributed by atoms with E-state index in [9.17, 15) is 18.4 Å². The second-order valence-corrected chi connectivity index (χ2v) is 7.27. The largest absolute Gasteiger partial charge is 0.353 e. The Hall–Kier alpha value is -2.11. The molecule has 1 aromatic carbocycles. The lowest BCUT2D eigenvalue weighted by molar-refractivity contribution is -0.133. The van der Waals surface area contributed by atoms with Crippen LogP contribution < -0.4 is 10.8 Å². The fraction of sp³-hybridized carbons (Fsp3) is 0.444. The predicted molar refractivity (Wildman–Crippen MR) is 97.8 cm³/mol. The van der Waals surface area contributed by atoms with Crippen LogP contribution in [0.15, 0.2) is 24.3 Å². The Morgan fingerprint density at radius 2 is 1.93 bits per heavy atom. The van der Waals surface area contributed by atoms with Crippen LogP contribution in [0, 0.1) is 23.7 Å². The molecule has 1 fully saturated rings. The van der Waals surface area contributed by atoms with E-state index in [0.29, 0.717) is 5.92 Å². The Labute approximate surface area is 162 Å². The van der Waals surface area contributed by atoms with E-state index < -0.39 is 38.8 Å². The van der Waals surface area contributed by atoms with Crippen molar-refractivity contribution in [2.24, 2.45) is 11.8 Å². The molecule has 10 heteroatoms. The molecule has 0 aliphatic heterocycles. The molecule has 7 nitrogen and oxygen atoms in total. The summed E-state index contributed by atoms with van der Waals surface area (Å²) in [4.78, 5) is 33.7. The summed E-state index contributed by atoms with van der Waals surface area (Å²) in [7, 11) is -1.25. The van der Waals surface area contributed by atoms with E-state index in [1.54, 1.807) is 12.1 Å². The molecule has 0 saturated heterocycles. The van der Waals surface area contributed by atoms with E-state index >= 15 is 0 Å². The van der Waals surface area contributed by atoms with Crippen LogP contribution in [0.25, 0.3) is 0 Å². The van der Waals surface area contributed by atoms with Gasteiger partial charge in [0.05, 0.1) is 0 Å². The number of hydrogen-bond donors (Lipinski definition) is 3. The molecule has 2 amide bonds. The molecule has 0 aromatic heterocycles. The number of hydrogen-bond acceptors (Lipinski definition) is 5. The van der Waals surface area contributed by atoms with Gasteiger partial charge in [-0.2, -0.15) is 4.62 Å². The SMILES string of the molecule is COP(O)ONC(=O)C(NC(=O)c1ccc(C#CC2CC2)cc1)C(C)C(F)F. The Balaban J connectivity index is 2.04. The van der Waals surface area contributed by atoms with E-state index in [2.05, 4.69) is 26.3 Å². The monoisotopic (exact) mass is 414 g/mol. The summed E-state index contributed by atoms with van der Waals surface area (Å²) >= 11 is 0. The van der Waals surface area contributed by atoms with Gasteiger partial charge in [-0.15, -0.1) is 0 Å². The average Bonchev–Trinajstić information content (AvgIpc) is 3.52. The highest BCUT2D eigenvalue weighted by molar-refractivity contribution is 7.40. The maximum Gasteiger partial charge on any atom is 0.353 e. The number of amides is 2. The highest BCUT2D eigenvalue weighted by Gasteiger charge is 2.33. The summed E-state index contributed by atoms with van der Waals surface area (Å²) in [6, 6.07) is 4.72. The van der Waals surface area contributed by atoms with E-state index in [-0.39, 0.29) is 5.56 Å². The zero-order valence-corrected chi connectivity index (χ0v) is 16.2. The van der Waals surface area contributed by atoms with Crippen LogP contribution in [0.3, 0.4) is 0 Å². The molecule has 28 heavy (non-hydrogen) atoms. The van der Waals surface area contributed by atoms with Crippen LogP contribution in [-0.4, -0.2) is 36.3 Å². The maximum absolute atomic E-state index is 13.1. The van der Waals surface area contributed by atoms with Gasteiger partial charge in [0.25, 0.3) is 11.8 Å². The Morgan fingerprint density at radius 3 is 2.46 bits per heavy atom. The van der Waals surface area contributed by atoms with Crippen molar-refractivity contribution in [3.05, 3.63) is 35.4 Å². The topological polar surface area (TPSA) is 96.9 Å². The maximum atomic E-state index is 13.1. The van der Waals surface area contributed by atoms with Crippen molar-refractivity contribution in [3.63, 3.8) is 0 Å². The van der Waals surface area contributed by atoms with Gasteiger partial charge < -0.3 is 14.7 Å². The number of rotatable bonds is 8. The summed E-state index contributed by atoms with van der Waals surface area (Å²) in [5.74, 6) is 3.31. The first kappa shape index (κ1) is 22.2. The zero-order valence-electron chi connectivity index (χ0n) is 15.3. The van der Waals surface area contributed by atoms with Crippen molar-refractivity contribution in [2.75, 3.05) is 7.11 Å². The van der Waals surface area contributed by atoms with Gasteiger partial charge in [-0.05, 0) is 37.1 Å². The highest BCUT2D eigenvalue weighted by Crippen LogP contribution is 2.29. The molecule has 0 radical (unpaired) electrons. The number of halogens is 2. The number of nitrogens with one attached hydrogen (secondary N) is 2. The summed E-state index contributed by atoms with van der Waals surface area (Å²) in [5, 5.41) is 2.27. The molecule has 0 bridgehead atoms. The fourth-order valence-electron chi connectivity index (χ4n) is 2.11. The molecular weight excluding hydrogens is 393 g/mol. The van der Waals surface area contributed by atoms with Gasteiger partial charge in [0.1, 0.15) is 6.04 Å². The predicted octanol–water partition coefficient (Wildman–Crippen LogP) is 2.36. The van der Waals surface area contributed by atoms with Gasteiger partial charge in [-0.25, -0.2) is 14.3 Å². The lowest BCUT2D eigenvalue weighted by atomic mass is 10.0. The zero-order chi connectivity index (χ0) is 20.7. The minimum absolute atomic E-state index is 0.193. The summed E-state index contributed by atoms with van der Waals surface area (Å²) in [6.45, 7) is 1.11. The van der Waals surface area contributed by atoms with Crippen molar-refractivity contribution >= 4 is 20.4 Å². The standard InChI is InChI=1S/C18H21F2N2O5P/c1-11(16(19)20)15(18(24)22-27-28(25)26-2)21-17(23)14-9-7-13(8-10-14)6-5-12-3-4-12/h7-12,15-16,25H,3-4H2,1-2H3,(H,21,23)(H,22,24). The van der Waals surface area contributed by atoms with E-state index in [1.807, 2.05) is 5.48 Å². The van der Waals surface area contributed by atoms with Gasteiger partial charge in [0.2, 0.25) is 6.43 Å². The minimum atomic E-state index is -2.87. The molecule has 1 saturated carbocycles. The first-order valence-corrected chi connectivity index (χ1v) is 9.65. The second-order valence-electron chi connectivity index (χ2n) is 6.24. The highest BCUT2D eigenvalue weighted by atomic mass is 31.2. The van der Waals surface area contributed by atoms with Crippen LogP contribution in [0.5, 0.6) is 0 Å². The third kappa shape index (κ3) is 6.80. The molecule has 1 aliphatic carbocycles. The van der Waals surface area contributed by atoms with Crippen molar-refractivity contribution in [3.8, 4) is 11.8 Å². The van der Waals surface area contributed by atoms with Crippen molar-refractivity contribution in [2.45, 2.75) is 32.2 Å². The van der Waals surface area contributed by atoms with Crippen LogP contribution in [-0.2, 0) is 13.9 Å². The number of hydroxylamine groups is 1. The molecular formula is C18H21F2N2O5P. The van der Waals surface area contributed by atoms with E-state index in [0.717, 1.165) is 32.4 Å². The van der Waals surface area contributed by atoms with Gasteiger partial charge in [0.15, 0.2) is 0 Å². The number of carbonyl (C=O) groups excluding carboxylic acids is 2. The number of carbonyl (C=O) groups is 2. The van der Waals surface area contributed by atoms with Crippen LogP contribution in [0.2, 0.25) is 0 Å². The van der Waals surface area contributed by atoms with Gasteiger partial charge in [0, 0.05) is 30.1 Å². The molecule has 3 atom stereocenters. The molecule has 0 heterocycles. The Kier molecular flexibility index (Phi) is 8.27. The first-order valence-electron chi connectivity index (χ1n) is 8.52. The fourth-order valence-corrected chi connectivity index (χ4v) is 2.35. The van der Waals surface area contributed by atoms with Gasteiger partial charge in [-0.1, -0.05) is 18.8 Å². The summed E-state index contributed by atoms with van der Waals surface area (Å²) < 4.78 is 35.1. The van der Waals surface area contributed by atoms with Crippen molar-refractivity contribution in [1.29, 1.82) is 0 Å². The van der Waals surface area contributed by atoms with E-state index in [1.165, 1.54) is 12.1 Å². The lowest BCUT2D eigenvalue weighted by Gasteiger charge is -2.23. The molecule has 152 valence electrons. The minimum Gasteiger partial charge on any atom is -0.340 e. The van der Waals surface area contributed by atoms with Crippen LogP contribution in [0.1, 0.15) is 35.7 Å². The lowest BCUT2D eigenvalue weighted by Crippen LogP contribution is -2.51. The number of alkyl halides is 2. The third-order valence-electron chi connectivity index (χ3n) is 4.02.